The van der Waals surface area contributed by atoms with Gasteiger partial charge in [-0.3, -0.25) is 19.3 Å². The van der Waals surface area contributed by atoms with Crippen molar-refractivity contribution in [1.82, 2.24) is 19.6 Å². The molecule has 1 aliphatic heterocycles. The molecule has 3 rings (SSSR count). The maximum Gasteiger partial charge on any atom is 0.343 e. The van der Waals surface area contributed by atoms with Gasteiger partial charge in [0.1, 0.15) is 23.7 Å². The van der Waals surface area contributed by atoms with Crippen LogP contribution >= 0.6 is 0 Å². The smallest absolute Gasteiger partial charge is 0.343 e. The molecule has 1 aromatic heterocycles. The molecule has 1 amide bonds. The number of benzene rings is 1. The predicted octanol–water partition coefficient (Wildman–Crippen LogP) is 1.23. The average Bonchev–Trinajstić information content (AvgIpc) is 3.10. The van der Waals surface area contributed by atoms with Crippen LogP contribution in [-0.2, 0) is 16.6 Å². The fourth-order valence-corrected chi connectivity index (χ4v) is 3.30. The van der Waals surface area contributed by atoms with E-state index in [1.54, 1.807) is 14.0 Å². The van der Waals surface area contributed by atoms with Crippen LogP contribution in [-0.4, -0.2) is 83.9 Å². The van der Waals surface area contributed by atoms with Crippen molar-refractivity contribution in [3.63, 3.8) is 0 Å². The second-order valence-corrected chi connectivity index (χ2v) is 7.08. The Kier molecular flexibility index (Phi) is 7.81. The average molecular weight is 415 g/mol. The van der Waals surface area contributed by atoms with Crippen molar-refractivity contribution >= 4 is 17.7 Å². The number of carbonyl (C=O) groups is 2. The normalized spacial score (nSPS) is 15.0. The fourth-order valence-electron chi connectivity index (χ4n) is 3.30. The molecule has 0 unspecified atom stereocenters. The molecule has 2 aromatic rings. The molecule has 0 bridgehead atoms. The molecule has 162 valence electrons. The number of esters is 1. The Morgan fingerprint density at radius 1 is 1.10 bits per heavy atom. The van der Waals surface area contributed by atoms with Gasteiger partial charge in [0, 0.05) is 39.8 Å². The second kappa shape index (κ2) is 10.7. The Bertz CT molecular complexity index is 831. The van der Waals surface area contributed by atoms with Crippen molar-refractivity contribution < 1.29 is 19.1 Å². The highest BCUT2D eigenvalue weighted by Gasteiger charge is 2.22. The monoisotopic (exact) mass is 415 g/mol. The lowest BCUT2D eigenvalue weighted by molar-refractivity contribution is -0.117. The molecular weight excluding hydrogens is 386 g/mol. The van der Waals surface area contributed by atoms with Gasteiger partial charge in [-0.25, -0.2) is 4.79 Å². The standard InChI is InChI=1S/C21H29N5O4/c1-3-29-21(28)18-15-22-24(2)20(18)23-19(27)16-26-11-9-25(10-12-26)13-14-30-17-7-5-4-6-8-17/h4-8,15H,3,9-14,16H2,1-2H3,(H,23,27). The number of aromatic nitrogens is 2. The third kappa shape index (κ3) is 6.04. The first kappa shape index (κ1) is 21.8. The number of ether oxygens (including phenoxy) is 2. The number of anilines is 1. The first-order valence-electron chi connectivity index (χ1n) is 10.2. The molecule has 0 aliphatic carbocycles. The molecule has 0 radical (unpaired) electrons. The topological polar surface area (TPSA) is 88.9 Å². The maximum absolute atomic E-state index is 12.5. The summed E-state index contributed by atoms with van der Waals surface area (Å²) >= 11 is 0. The van der Waals surface area contributed by atoms with Crippen LogP contribution in [0, 0.1) is 0 Å². The summed E-state index contributed by atoms with van der Waals surface area (Å²) in [5, 5.41) is 6.84. The Morgan fingerprint density at radius 2 is 1.80 bits per heavy atom. The predicted molar refractivity (Wildman–Crippen MR) is 113 cm³/mol. The number of nitrogens with one attached hydrogen (secondary N) is 1. The molecule has 0 spiro atoms. The van der Waals surface area contributed by atoms with E-state index in [4.69, 9.17) is 9.47 Å². The number of hydrogen-bond acceptors (Lipinski definition) is 7. The zero-order chi connectivity index (χ0) is 21.3. The summed E-state index contributed by atoms with van der Waals surface area (Å²) in [5.74, 6) is 0.567. The van der Waals surface area contributed by atoms with Crippen molar-refractivity contribution in [3.8, 4) is 5.75 Å². The Balaban J connectivity index is 1.40. The summed E-state index contributed by atoms with van der Waals surface area (Å²) < 4.78 is 12.2. The van der Waals surface area contributed by atoms with Gasteiger partial charge in [0.25, 0.3) is 0 Å². The first-order valence-corrected chi connectivity index (χ1v) is 10.2. The maximum atomic E-state index is 12.5. The summed E-state index contributed by atoms with van der Waals surface area (Å²) in [6.45, 7) is 7.12. The fraction of sp³-hybridized carbons (Fsp3) is 0.476. The first-order chi connectivity index (χ1) is 14.6. The molecule has 9 nitrogen and oxygen atoms in total. The summed E-state index contributed by atoms with van der Waals surface area (Å²) in [4.78, 5) is 28.9. The van der Waals surface area contributed by atoms with Crippen molar-refractivity contribution in [2.75, 3.05) is 57.8 Å². The van der Waals surface area contributed by atoms with Crippen LogP contribution in [0.5, 0.6) is 5.75 Å². The minimum Gasteiger partial charge on any atom is -0.492 e. The molecule has 0 saturated carbocycles. The lowest BCUT2D eigenvalue weighted by atomic mass is 10.3. The van der Waals surface area contributed by atoms with Crippen molar-refractivity contribution in [2.24, 2.45) is 7.05 Å². The van der Waals surface area contributed by atoms with E-state index in [0.717, 1.165) is 38.5 Å². The highest BCUT2D eigenvalue weighted by atomic mass is 16.5. The summed E-state index contributed by atoms with van der Waals surface area (Å²) in [6, 6.07) is 9.78. The van der Waals surface area contributed by atoms with E-state index >= 15 is 0 Å². The van der Waals surface area contributed by atoms with Crippen molar-refractivity contribution in [3.05, 3.63) is 42.1 Å². The molecule has 1 fully saturated rings. The number of rotatable bonds is 9. The van der Waals surface area contributed by atoms with Gasteiger partial charge >= 0.3 is 5.97 Å². The van der Waals surface area contributed by atoms with Gasteiger partial charge < -0.3 is 14.8 Å². The minimum absolute atomic E-state index is 0.176. The van der Waals surface area contributed by atoms with Crippen LogP contribution in [0.1, 0.15) is 17.3 Å². The van der Waals surface area contributed by atoms with Crippen LogP contribution in [0.2, 0.25) is 0 Å². The van der Waals surface area contributed by atoms with E-state index in [1.807, 2.05) is 30.3 Å². The van der Waals surface area contributed by atoms with Gasteiger partial charge in [-0.05, 0) is 19.1 Å². The summed E-state index contributed by atoms with van der Waals surface area (Å²) in [5.41, 5.74) is 0.260. The minimum atomic E-state index is -0.493. The largest absolute Gasteiger partial charge is 0.492 e. The summed E-state index contributed by atoms with van der Waals surface area (Å²) in [6.07, 6.45) is 1.41. The Labute approximate surface area is 176 Å². The number of hydrogen-bond donors (Lipinski definition) is 1. The third-order valence-electron chi connectivity index (χ3n) is 4.94. The third-order valence-corrected chi connectivity index (χ3v) is 4.94. The quantitative estimate of drug-likeness (QED) is 0.616. The number of piperazine rings is 1. The van der Waals surface area contributed by atoms with E-state index in [1.165, 1.54) is 10.9 Å². The van der Waals surface area contributed by atoms with E-state index in [2.05, 4.69) is 20.2 Å². The molecule has 1 N–H and O–H groups in total. The lowest BCUT2D eigenvalue weighted by Crippen LogP contribution is -2.49. The highest BCUT2D eigenvalue weighted by Crippen LogP contribution is 2.15. The van der Waals surface area contributed by atoms with Gasteiger partial charge in [-0.1, -0.05) is 18.2 Å². The number of nitrogens with zero attached hydrogens (tertiary/aromatic N) is 4. The summed E-state index contributed by atoms with van der Waals surface area (Å²) in [7, 11) is 1.68. The zero-order valence-corrected chi connectivity index (χ0v) is 17.5. The zero-order valence-electron chi connectivity index (χ0n) is 17.5. The van der Waals surface area contributed by atoms with Crippen LogP contribution in [0.15, 0.2) is 36.5 Å². The van der Waals surface area contributed by atoms with Crippen molar-refractivity contribution in [2.45, 2.75) is 6.92 Å². The van der Waals surface area contributed by atoms with Crippen LogP contribution in [0.4, 0.5) is 5.82 Å². The van der Waals surface area contributed by atoms with Gasteiger partial charge in [-0.2, -0.15) is 5.10 Å². The molecule has 1 aromatic carbocycles. The molecule has 9 heteroatoms. The van der Waals surface area contributed by atoms with E-state index in [-0.39, 0.29) is 24.6 Å². The highest BCUT2D eigenvalue weighted by molar-refractivity contribution is 6.00. The van der Waals surface area contributed by atoms with Gasteiger partial charge in [-0.15, -0.1) is 0 Å². The van der Waals surface area contributed by atoms with Crippen LogP contribution in [0.3, 0.4) is 0 Å². The van der Waals surface area contributed by atoms with E-state index in [9.17, 15) is 9.59 Å². The molecule has 30 heavy (non-hydrogen) atoms. The van der Waals surface area contributed by atoms with Crippen LogP contribution < -0.4 is 10.1 Å². The molecule has 1 saturated heterocycles. The Morgan fingerprint density at radius 3 is 2.50 bits per heavy atom. The number of carbonyl (C=O) groups excluding carboxylic acids is 2. The SMILES string of the molecule is CCOC(=O)c1cnn(C)c1NC(=O)CN1CCN(CCOc2ccccc2)CC1. The second-order valence-electron chi connectivity index (χ2n) is 7.08. The number of aryl methyl sites for hydroxylation is 1. The van der Waals surface area contributed by atoms with E-state index < -0.39 is 5.97 Å². The Hall–Kier alpha value is -2.91. The van der Waals surface area contributed by atoms with Gasteiger partial charge in [0.15, 0.2) is 0 Å². The van der Waals surface area contributed by atoms with Gasteiger partial charge in [0.05, 0.1) is 19.3 Å². The number of amides is 1. The molecular formula is C21H29N5O4. The van der Waals surface area contributed by atoms with Crippen LogP contribution in [0.25, 0.3) is 0 Å². The molecule has 1 aliphatic rings. The molecule has 2 heterocycles. The van der Waals surface area contributed by atoms with Crippen molar-refractivity contribution in [1.29, 1.82) is 0 Å². The molecule has 0 atom stereocenters. The van der Waals surface area contributed by atoms with E-state index in [0.29, 0.717) is 12.4 Å². The van der Waals surface area contributed by atoms with Gasteiger partial charge in [0.2, 0.25) is 5.91 Å². The lowest BCUT2D eigenvalue weighted by Gasteiger charge is -2.34. The number of para-hydroxylation sites is 1.